The molecule has 3 N–H and O–H groups in total. The number of amides is 3. The topological polar surface area (TPSA) is 113 Å². The molecule has 3 amide bonds. The lowest BCUT2D eigenvalue weighted by Crippen LogP contribution is -2.44. The second-order valence-electron chi connectivity index (χ2n) is 4.75. The molecule has 0 spiro atoms. The Morgan fingerprint density at radius 2 is 2.00 bits per heavy atom. The monoisotopic (exact) mass is 296 g/mol. The molecule has 0 aromatic carbocycles. The zero-order valence-electron chi connectivity index (χ0n) is 11.9. The van der Waals surface area contributed by atoms with Gasteiger partial charge in [0.15, 0.2) is 0 Å². The lowest BCUT2D eigenvalue weighted by atomic mass is 10.2. The normalized spacial score (nSPS) is 11.7. The summed E-state index contributed by atoms with van der Waals surface area (Å²) in [5.74, 6) is -1.30. The van der Waals surface area contributed by atoms with Crippen molar-refractivity contribution in [2.24, 2.45) is 0 Å². The Morgan fingerprint density at radius 1 is 1.29 bits per heavy atom. The minimum Gasteiger partial charge on any atom is -0.481 e. The van der Waals surface area contributed by atoms with Crippen LogP contribution in [0, 0.1) is 0 Å². The van der Waals surface area contributed by atoms with E-state index in [2.05, 4.69) is 15.7 Å². The van der Waals surface area contributed by atoms with Crippen molar-refractivity contribution >= 4 is 17.9 Å². The number of aliphatic carboxylic acids is 1. The molecule has 8 nitrogen and oxygen atoms in total. The van der Waals surface area contributed by atoms with Crippen LogP contribution in [0.25, 0.3) is 0 Å². The number of unbranched alkanes of at least 4 members (excludes halogenated alkanes) is 1. The van der Waals surface area contributed by atoms with Gasteiger partial charge in [0.2, 0.25) is 5.91 Å². The number of carbonyl (C=O) groups is 3. The van der Waals surface area contributed by atoms with E-state index in [9.17, 15) is 14.4 Å². The molecule has 0 bridgehead atoms. The van der Waals surface area contributed by atoms with Crippen molar-refractivity contribution in [3.05, 3.63) is 18.5 Å². The molecule has 1 aromatic heterocycles. The third-order valence-electron chi connectivity index (χ3n) is 2.70. The van der Waals surface area contributed by atoms with E-state index in [4.69, 9.17) is 5.11 Å². The van der Waals surface area contributed by atoms with Crippen LogP contribution in [0.3, 0.4) is 0 Å². The van der Waals surface area contributed by atoms with Gasteiger partial charge < -0.3 is 10.4 Å². The standard InChI is InChI=1S/C13H20N4O4/c1-10(9-17-8-4-7-14-17)15-13(21)16-11(18)5-2-3-6-12(19)20/h4,7-8,10H,2-3,5-6,9H2,1H3,(H,19,20)(H2,15,16,18,21). The number of nitrogens with one attached hydrogen (secondary N) is 2. The molecule has 8 heteroatoms. The molecule has 0 saturated carbocycles. The maximum absolute atomic E-state index is 11.6. The van der Waals surface area contributed by atoms with Gasteiger partial charge in [-0.1, -0.05) is 0 Å². The van der Waals surface area contributed by atoms with E-state index < -0.39 is 17.9 Å². The van der Waals surface area contributed by atoms with Crippen LogP contribution in [0.1, 0.15) is 32.6 Å². The smallest absolute Gasteiger partial charge is 0.321 e. The van der Waals surface area contributed by atoms with Crippen molar-refractivity contribution in [2.75, 3.05) is 0 Å². The summed E-state index contributed by atoms with van der Waals surface area (Å²) in [7, 11) is 0. The average molecular weight is 296 g/mol. The Kier molecular flexibility index (Phi) is 6.93. The van der Waals surface area contributed by atoms with Gasteiger partial charge in [-0.25, -0.2) is 4.79 Å². The van der Waals surface area contributed by atoms with Crippen molar-refractivity contribution in [1.82, 2.24) is 20.4 Å². The third-order valence-corrected chi connectivity index (χ3v) is 2.70. The van der Waals surface area contributed by atoms with Crippen molar-refractivity contribution < 1.29 is 19.5 Å². The van der Waals surface area contributed by atoms with E-state index in [0.29, 0.717) is 19.4 Å². The Labute approximate surface area is 122 Å². The number of carboxylic acid groups (broad SMARTS) is 1. The van der Waals surface area contributed by atoms with E-state index in [-0.39, 0.29) is 18.9 Å². The quantitative estimate of drug-likeness (QED) is 0.612. The van der Waals surface area contributed by atoms with Gasteiger partial charge in [0.1, 0.15) is 0 Å². The molecule has 0 radical (unpaired) electrons. The summed E-state index contributed by atoms with van der Waals surface area (Å²) < 4.78 is 1.68. The van der Waals surface area contributed by atoms with Crippen molar-refractivity contribution in [1.29, 1.82) is 0 Å². The Hall–Kier alpha value is -2.38. The van der Waals surface area contributed by atoms with Gasteiger partial charge in [0.05, 0.1) is 6.54 Å². The van der Waals surface area contributed by atoms with E-state index in [0.717, 1.165) is 0 Å². The summed E-state index contributed by atoms with van der Waals surface area (Å²) >= 11 is 0. The van der Waals surface area contributed by atoms with E-state index in [1.807, 2.05) is 0 Å². The van der Waals surface area contributed by atoms with Gasteiger partial charge in [-0.2, -0.15) is 5.10 Å². The van der Waals surface area contributed by atoms with Gasteiger partial charge in [-0.15, -0.1) is 0 Å². The zero-order chi connectivity index (χ0) is 15.7. The molecule has 1 rings (SSSR count). The molecule has 116 valence electrons. The minimum absolute atomic E-state index is 0.0282. The summed E-state index contributed by atoms with van der Waals surface area (Å²) in [6.07, 6.45) is 4.44. The molecule has 0 aliphatic rings. The SMILES string of the molecule is CC(Cn1cccn1)NC(=O)NC(=O)CCCCC(=O)O. The first kappa shape index (κ1) is 16.7. The number of hydrogen-bond donors (Lipinski definition) is 3. The fourth-order valence-electron chi connectivity index (χ4n) is 1.75. The first-order valence-electron chi connectivity index (χ1n) is 6.77. The number of imide groups is 1. The predicted octanol–water partition coefficient (Wildman–Crippen LogP) is 0.742. The lowest BCUT2D eigenvalue weighted by molar-refractivity contribution is -0.137. The van der Waals surface area contributed by atoms with Crippen LogP contribution in [0.5, 0.6) is 0 Å². The highest BCUT2D eigenvalue weighted by Gasteiger charge is 2.11. The molecule has 21 heavy (non-hydrogen) atoms. The lowest BCUT2D eigenvalue weighted by Gasteiger charge is -2.14. The molecular weight excluding hydrogens is 276 g/mol. The van der Waals surface area contributed by atoms with Crippen LogP contribution in [-0.4, -0.2) is 38.8 Å². The molecule has 0 aliphatic carbocycles. The van der Waals surface area contributed by atoms with Crippen LogP contribution < -0.4 is 10.6 Å². The summed E-state index contributed by atoms with van der Waals surface area (Å²) in [5.41, 5.74) is 0. The maximum Gasteiger partial charge on any atom is 0.321 e. The number of rotatable bonds is 8. The van der Waals surface area contributed by atoms with Gasteiger partial charge >= 0.3 is 12.0 Å². The predicted molar refractivity (Wildman–Crippen MR) is 74.5 cm³/mol. The molecule has 0 aliphatic heterocycles. The third kappa shape index (κ3) is 7.71. The Bertz CT molecular complexity index is 473. The first-order chi connectivity index (χ1) is 9.97. The summed E-state index contributed by atoms with van der Waals surface area (Å²) in [6, 6.07) is 1.05. The minimum atomic E-state index is -0.888. The number of carbonyl (C=O) groups excluding carboxylic acids is 2. The fraction of sp³-hybridized carbons (Fsp3) is 0.538. The average Bonchev–Trinajstić information content (AvgIpc) is 2.86. The molecule has 1 atom stereocenters. The number of nitrogens with zero attached hydrogens (tertiary/aromatic N) is 2. The molecule has 1 aromatic rings. The second kappa shape index (κ2) is 8.72. The van der Waals surface area contributed by atoms with Crippen LogP contribution >= 0.6 is 0 Å². The molecule has 1 heterocycles. The second-order valence-corrected chi connectivity index (χ2v) is 4.75. The Morgan fingerprint density at radius 3 is 2.62 bits per heavy atom. The highest BCUT2D eigenvalue weighted by Crippen LogP contribution is 1.99. The van der Waals surface area contributed by atoms with E-state index in [1.165, 1.54) is 0 Å². The van der Waals surface area contributed by atoms with Gasteiger partial charge in [0.25, 0.3) is 0 Å². The van der Waals surface area contributed by atoms with E-state index >= 15 is 0 Å². The van der Waals surface area contributed by atoms with Gasteiger partial charge in [0, 0.05) is 31.3 Å². The van der Waals surface area contributed by atoms with E-state index in [1.54, 1.807) is 30.1 Å². The summed E-state index contributed by atoms with van der Waals surface area (Å²) in [5, 5.41) is 17.3. The van der Waals surface area contributed by atoms with Crippen LogP contribution in [0.4, 0.5) is 4.79 Å². The van der Waals surface area contributed by atoms with Crippen molar-refractivity contribution in [3.63, 3.8) is 0 Å². The Balaban J connectivity index is 2.17. The van der Waals surface area contributed by atoms with Gasteiger partial charge in [-0.05, 0) is 25.8 Å². The maximum atomic E-state index is 11.6. The fourth-order valence-corrected chi connectivity index (χ4v) is 1.75. The van der Waals surface area contributed by atoms with Crippen LogP contribution in [0.2, 0.25) is 0 Å². The highest BCUT2D eigenvalue weighted by molar-refractivity contribution is 5.94. The number of carboxylic acids is 1. The highest BCUT2D eigenvalue weighted by atomic mass is 16.4. The van der Waals surface area contributed by atoms with Crippen molar-refractivity contribution in [3.8, 4) is 0 Å². The zero-order valence-corrected chi connectivity index (χ0v) is 11.9. The largest absolute Gasteiger partial charge is 0.481 e. The number of aromatic nitrogens is 2. The summed E-state index contributed by atoms with van der Waals surface area (Å²) in [6.45, 7) is 2.31. The first-order valence-corrected chi connectivity index (χ1v) is 6.77. The van der Waals surface area contributed by atoms with Gasteiger partial charge in [-0.3, -0.25) is 19.6 Å². The molecule has 0 saturated heterocycles. The van der Waals surface area contributed by atoms with Crippen molar-refractivity contribution in [2.45, 2.75) is 45.2 Å². The molecule has 0 fully saturated rings. The summed E-state index contributed by atoms with van der Waals surface area (Å²) in [4.78, 5) is 33.3. The van der Waals surface area contributed by atoms with Crippen LogP contribution in [0.15, 0.2) is 18.5 Å². The molecule has 1 unspecified atom stereocenters. The number of hydrogen-bond acceptors (Lipinski definition) is 4. The van der Waals surface area contributed by atoms with Crippen LogP contribution in [-0.2, 0) is 16.1 Å². The molecular formula is C13H20N4O4. The number of urea groups is 1.